The van der Waals surface area contributed by atoms with Crippen LogP contribution >= 0.6 is 0 Å². The molecular formula is C63H100N10O14. The number of benzene rings is 2. The molecule has 0 aliphatic carbocycles. The lowest BCUT2D eigenvalue weighted by Crippen LogP contribution is -2.60. The normalized spacial score (nSPS) is 17.0. The first kappa shape index (κ1) is 74.1. The quantitative estimate of drug-likeness (QED) is 0.0430. The Kier molecular flexibility index (Phi) is 30.8. The third-order valence-electron chi connectivity index (χ3n) is 16.3. The largest absolute Gasteiger partial charge is 0.445 e. The minimum atomic E-state index is -1.10. The van der Waals surface area contributed by atoms with E-state index >= 15 is 0 Å². The summed E-state index contributed by atoms with van der Waals surface area (Å²) in [5.74, 6) is -5.43. The zero-order valence-electron chi connectivity index (χ0n) is 53.8. The topological polar surface area (TPSA) is 327 Å². The number of primary amides is 1. The number of likely N-dealkylation sites (tertiary alicyclic amines) is 1. The minimum absolute atomic E-state index is 0.0109. The molecule has 0 radical (unpaired) electrons. The van der Waals surface area contributed by atoms with Crippen molar-refractivity contribution in [2.45, 2.75) is 182 Å². The van der Waals surface area contributed by atoms with Crippen molar-refractivity contribution in [1.82, 2.24) is 41.3 Å². The maximum absolute atomic E-state index is 14.7. The number of nitrogens with two attached hydrogens (primary N) is 1. The van der Waals surface area contributed by atoms with Crippen molar-refractivity contribution in [3.8, 4) is 0 Å². The van der Waals surface area contributed by atoms with Crippen molar-refractivity contribution in [3.05, 3.63) is 65.7 Å². The fraction of sp³-hybridized carbons (Fsp3) is 0.651. The van der Waals surface area contributed by atoms with E-state index in [4.69, 9.17) is 19.9 Å². The molecule has 3 rings (SSSR count). The number of ether oxygens (including phenoxy) is 3. The fourth-order valence-electron chi connectivity index (χ4n) is 10.9. The van der Waals surface area contributed by atoms with Gasteiger partial charge in [0.05, 0.1) is 42.7 Å². The number of hydrogen-bond acceptors (Lipinski definition) is 14. The monoisotopic (exact) mass is 1220 g/mol. The zero-order valence-corrected chi connectivity index (χ0v) is 53.8. The second-order valence-corrected chi connectivity index (χ2v) is 24.1. The lowest BCUT2D eigenvalue weighted by atomic mass is 9.89. The molecule has 87 heavy (non-hydrogen) atoms. The average Bonchev–Trinajstić information content (AvgIpc) is 2.52. The van der Waals surface area contributed by atoms with Crippen molar-refractivity contribution in [3.63, 3.8) is 0 Å². The molecule has 9 N–H and O–H groups in total. The Labute approximate surface area is 514 Å². The van der Waals surface area contributed by atoms with E-state index in [9.17, 15) is 53.1 Å². The van der Waals surface area contributed by atoms with Gasteiger partial charge in [-0.3, -0.25) is 38.5 Å². The van der Waals surface area contributed by atoms with Crippen molar-refractivity contribution in [1.29, 1.82) is 0 Å². The van der Waals surface area contributed by atoms with E-state index in [1.54, 1.807) is 116 Å². The summed E-state index contributed by atoms with van der Waals surface area (Å²) in [6.45, 7) is 20.1. The first-order valence-electron chi connectivity index (χ1n) is 30.3. The van der Waals surface area contributed by atoms with E-state index in [-0.39, 0.29) is 80.6 Å². The highest BCUT2D eigenvalue weighted by molar-refractivity contribution is 5.99. The number of urea groups is 1. The van der Waals surface area contributed by atoms with Crippen LogP contribution in [0, 0.1) is 35.5 Å². The highest BCUT2D eigenvalue weighted by atomic mass is 16.6. The Morgan fingerprint density at radius 1 is 0.736 bits per heavy atom. The fourth-order valence-corrected chi connectivity index (χ4v) is 10.9. The number of nitrogens with one attached hydrogen (secondary N) is 6. The molecule has 24 heteroatoms. The number of Topliss-reactive ketones (excluding diaryl/α,β-unsaturated/α-hetero) is 1. The molecule has 0 saturated carbocycles. The van der Waals surface area contributed by atoms with Crippen LogP contribution in [0.1, 0.15) is 138 Å². The van der Waals surface area contributed by atoms with Gasteiger partial charge in [0.1, 0.15) is 36.6 Å². The molecule has 12 atom stereocenters. The number of nitrogens with zero attached hydrogens (tertiary/aromatic N) is 3. The zero-order chi connectivity index (χ0) is 65.4. The number of amides is 10. The summed E-state index contributed by atoms with van der Waals surface area (Å²) < 4.78 is 17.6. The molecule has 1 fully saturated rings. The molecule has 24 nitrogen and oxygen atoms in total. The van der Waals surface area contributed by atoms with Gasteiger partial charge in [0.15, 0.2) is 0 Å². The summed E-state index contributed by atoms with van der Waals surface area (Å²) in [6.07, 6.45) is -1.52. The van der Waals surface area contributed by atoms with E-state index in [1.807, 2.05) is 32.0 Å². The summed E-state index contributed by atoms with van der Waals surface area (Å²) in [4.78, 5) is 137. The Bertz CT molecular complexity index is 2590. The first-order valence-corrected chi connectivity index (χ1v) is 30.3. The van der Waals surface area contributed by atoms with Crippen LogP contribution in [0.25, 0.3) is 0 Å². The first-order chi connectivity index (χ1) is 41.0. The van der Waals surface area contributed by atoms with Gasteiger partial charge in [-0.25, -0.2) is 9.59 Å². The minimum Gasteiger partial charge on any atom is -0.445 e. The van der Waals surface area contributed by atoms with Crippen LogP contribution in [0.4, 0.5) is 15.3 Å². The van der Waals surface area contributed by atoms with Gasteiger partial charge in [-0.15, -0.1) is 0 Å². The number of carbonyl (C=O) groups is 10. The Balaban J connectivity index is 1.68. The summed E-state index contributed by atoms with van der Waals surface area (Å²) >= 11 is 0. The summed E-state index contributed by atoms with van der Waals surface area (Å²) in [6, 6.07) is 9.34. The highest BCUT2D eigenvalue weighted by Gasteiger charge is 2.43. The smallest absolute Gasteiger partial charge is 0.410 e. The van der Waals surface area contributed by atoms with Crippen LogP contribution in [0.5, 0.6) is 0 Å². The average molecular weight is 1220 g/mol. The van der Waals surface area contributed by atoms with E-state index in [0.29, 0.717) is 42.7 Å². The van der Waals surface area contributed by atoms with Crippen LogP contribution in [0.2, 0.25) is 0 Å². The molecule has 1 saturated heterocycles. The molecule has 0 spiro atoms. The molecule has 1 heterocycles. The Hall–Kier alpha value is -7.18. The third kappa shape index (κ3) is 22.8. The molecule has 2 aromatic rings. The van der Waals surface area contributed by atoms with Gasteiger partial charge in [0.25, 0.3) is 0 Å². The maximum atomic E-state index is 14.7. The molecule has 1 aliphatic heterocycles. The SMILES string of the molecule is CC[C@H](C)[C@@H]([C@@H](CC(=O)N1CC[C@@H]([C@H](OC)[C@@H](C)C(=O)N[C@H](C)[C@@H](O)c2ccccc2)C1)OC)N(C)C(=O)[C@@H](NC(=O)[C@H](C(C)C)N(C)C(=O)OCc1ccc(NC(=O)C(CCCNC(N)=O)NC(=O)[C@@H](NC(=O)CCC(C)=O)C(C)C)cc1)C(C)C. The molecule has 2 aromatic carbocycles. The lowest BCUT2D eigenvalue weighted by molar-refractivity contribution is -0.146. The lowest BCUT2D eigenvalue weighted by Gasteiger charge is -2.40. The van der Waals surface area contributed by atoms with Crippen LogP contribution < -0.4 is 37.6 Å². The Morgan fingerprint density at radius 2 is 1.37 bits per heavy atom. The van der Waals surface area contributed by atoms with Crippen LogP contribution in [0.3, 0.4) is 0 Å². The van der Waals surface area contributed by atoms with Crippen molar-refractivity contribution in [2.24, 2.45) is 41.2 Å². The predicted octanol–water partition coefficient (Wildman–Crippen LogP) is 4.82. The van der Waals surface area contributed by atoms with E-state index in [2.05, 4.69) is 31.9 Å². The van der Waals surface area contributed by atoms with Gasteiger partial charge in [-0.05, 0) is 80.0 Å². The Morgan fingerprint density at radius 3 is 1.92 bits per heavy atom. The number of methoxy groups -OCH3 is 2. The van der Waals surface area contributed by atoms with E-state index in [1.165, 1.54) is 26.0 Å². The van der Waals surface area contributed by atoms with Gasteiger partial charge < -0.3 is 71.5 Å². The number of aliphatic hydroxyl groups excluding tert-OH is 1. The number of aliphatic hydroxyl groups is 1. The van der Waals surface area contributed by atoms with Crippen LogP contribution in [-0.4, -0.2) is 175 Å². The standard InChI is InChI=1S/C63H100N10O14/c1-16-39(8)54(48(85-14)33-50(76)73-32-30-45(34-73)56(86-15)41(10)57(78)66-42(11)55(77)44-21-18-17-19-22-44)71(12)61(82)52(37(4)5)70-60(81)53(38(6)7)72(13)63(84)87-35-43-25-27-46(28-26-43)67-58(79)47(23-20-31-65-62(64)83)68-59(80)51(36(2)3)69-49(75)29-24-40(9)74/h17-19,21-22,25-28,36-39,41-42,45,47-48,51-56,77H,16,20,23-24,29-35H2,1-15H3,(H,66,78)(H,67,79)(H,68,80)(H,69,75)(H,70,81)(H3,64,65,83)/t39-,41+,42+,45+,47?,48+,51-,52-,53-,54-,55+,56+/m0/s1. The van der Waals surface area contributed by atoms with Crippen LogP contribution in [-0.2, 0) is 59.2 Å². The van der Waals surface area contributed by atoms with Gasteiger partial charge in [-0.2, -0.15) is 0 Å². The van der Waals surface area contributed by atoms with Gasteiger partial charge in [-0.1, -0.05) is 111 Å². The number of likely N-dealkylation sites (N-methyl/N-ethyl adjacent to an activating group) is 2. The van der Waals surface area contributed by atoms with E-state index < -0.39 is 114 Å². The van der Waals surface area contributed by atoms with Crippen molar-refractivity contribution in [2.75, 3.05) is 53.3 Å². The third-order valence-corrected chi connectivity index (χ3v) is 16.3. The summed E-state index contributed by atoms with van der Waals surface area (Å²) in [5.41, 5.74) is 6.76. The van der Waals surface area contributed by atoms with Gasteiger partial charge >= 0.3 is 12.1 Å². The number of ketones is 1. The number of anilines is 1. The van der Waals surface area contributed by atoms with E-state index in [0.717, 1.165) is 0 Å². The molecular weight excluding hydrogens is 1120 g/mol. The predicted molar refractivity (Wildman–Crippen MR) is 329 cm³/mol. The van der Waals surface area contributed by atoms with Gasteiger partial charge in [0.2, 0.25) is 41.4 Å². The van der Waals surface area contributed by atoms with Crippen molar-refractivity contribution < 1.29 is 67.3 Å². The highest BCUT2D eigenvalue weighted by Crippen LogP contribution is 2.30. The van der Waals surface area contributed by atoms with Crippen LogP contribution in [0.15, 0.2) is 54.6 Å². The molecule has 10 amide bonds. The number of carbonyl (C=O) groups excluding carboxylic acids is 10. The molecule has 0 aromatic heterocycles. The number of hydrogen-bond donors (Lipinski definition) is 8. The molecule has 486 valence electrons. The maximum Gasteiger partial charge on any atom is 0.410 e. The molecule has 1 unspecified atom stereocenters. The molecule has 0 bridgehead atoms. The van der Waals surface area contributed by atoms with Gasteiger partial charge in [0, 0.05) is 72.4 Å². The summed E-state index contributed by atoms with van der Waals surface area (Å²) in [5, 5.41) is 27.3. The molecule has 1 aliphatic rings. The second-order valence-electron chi connectivity index (χ2n) is 24.1. The second kappa shape index (κ2) is 36.2. The summed E-state index contributed by atoms with van der Waals surface area (Å²) in [7, 11) is 6.13. The number of rotatable bonds is 35. The van der Waals surface area contributed by atoms with Crippen molar-refractivity contribution >= 4 is 64.9 Å².